The maximum absolute atomic E-state index is 11.4. The lowest BCUT2D eigenvalue weighted by molar-refractivity contribution is -0.121. The van der Waals surface area contributed by atoms with Gasteiger partial charge in [-0.2, -0.15) is 0 Å². The molecule has 0 fully saturated rings. The van der Waals surface area contributed by atoms with Gasteiger partial charge in [-0.15, -0.1) is 0 Å². The SMILES string of the molecule is CCC(C)NC(=O)CCNC(=NC)NC. The first-order valence-corrected chi connectivity index (χ1v) is 5.31. The highest BCUT2D eigenvalue weighted by Gasteiger charge is 2.04. The molecule has 0 aliphatic carbocycles. The molecule has 0 aromatic rings. The van der Waals surface area contributed by atoms with Crippen LogP contribution in [0.15, 0.2) is 4.99 Å². The minimum Gasteiger partial charge on any atom is -0.359 e. The van der Waals surface area contributed by atoms with E-state index < -0.39 is 0 Å². The van der Waals surface area contributed by atoms with Crippen molar-refractivity contribution in [3.63, 3.8) is 0 Å². The van der Waals surface area contributed by atoms with Gasteiger partial charge >= 0.3 is 0 Å². The van der Waals surface area contributed by atoms with E-state index in [4.69, 9.17) is 0 Å². The van der Waals surface area contributed by atoms with Gasteiger partial charge < -0.3 is 16.0 Å². The van der Waals surface area contributed by atoms with E-state index in [1.165, 1.54) is 0 Å². The molecule has 3 N–H and O–H groups in total. The Kier molecular flexibility index (Phi) is 7.40. The van der Waals surface area contributed by atoms with Crippen molar-refractivity contribution in [1.29, 1.82) is 0 Å². The minimum atomic E-state index is 0.0726. The van der Waals surface area contributed by atoms with E-state index >= 15 is 0 Å². The number of carbonyl (C=O) groups excluding carboxylic acids is 1. The molecule has 0 radical (unpaired) electrons. The standard InChI is InChI=1S/C10H22N4O/c1-5-8(2)14-9(15)6-7-13-10(11-3)12-4/h8H,5-7H2,1-4H3,(H,14,15)(H2,11,12,13). The van der Waals surface area contributed by atoms with Crippen molar-refractivity contribution in [2.24, 2.45) is 4.99 Å². The minimum absolute atomic E-state index is 0.0726. The number of hydrogen-bond donors (Lipinski definition) is 3. The lowest BCUT2D eigenvalue weighted by Crippen LogP contribution is -2.38. The average molecular weight is 214 g/mol. The van der Waals surface area contributed by atoms with E-state index in [0.29, 0.717) is 18.9 Å². The van der Waals surface area contributed by atoms with Crippen molar-refractivity contribution in [1.82, 2.24) is 16.0 Å². The van der Waals surface area contributed by atoms with Gasteiger partial charge in [-0.1, -0.05) is 6.92 Å². The molecular weight excluding hydrogens is 192 g/mol. The van der Waals surface area contributed by atoms with Crippen LogP contribution in [0.2, 0.25) is 0 Å². The Morgan fingerprint density at radius 3 is 2.60 bits per heavy atom. The molecule has 5 nitrogen and oxygen atoms in total. The molecule has 5 heteroatoms. The van der Waals surface area contributed by atoms with Gasteiger partial charge in [0.25, 0.3) is 0 Å². The first kappa shape index (κ1) is 13.7. The molecule has 0 heterocycles. The van der Waals surface area contributed by atoms with E-state index in [9.17, 15) is 4.79 Å². The highest BCUT2D eigenvalue weighted by atomic mass is 16.1. The fraction of sp³-hybridized carbons (Fsp3) is 0.800. The lowest BCUT2D eigenvalue weighted by Gasteiger charge is -2.12. The Balaban J connectivity index is 3.63. The summed E-state index contributed by atoms with van der Waals surface area (Å²) in [5, 5.41) is 8.80. The molecule has 0 aliphatic heterocycles. The van der Waals surface area contributed by atoms with E-state index in [2.05, 4.69) is 20.9 Å². The molecule has 0 spiro atoms. The predicted octanol–water partition coefficient (Wildman–Crippen LogP) is 0.0860. The Morgan fingerprint density at radius 2 is 2.13 bits per heavy atom. The predicted molar refractivity (Wildman–Crippen MR) is 62.9 cm³/mol. The van der Waals surface area contributed by atoms with Gasteiger partial charge in [0.1, 0.15) is 0 Å². The van der Waals surface area contributed by atoms with Crippen LogP contribution < -0.4 is 16.0 Å². The number of guanidine groups is 1. The van der Waals surface area contributed by atoms with Crippen molar-refractivity contribution < 1.29 is 4.79 Å². The fourth-order valence-electron chi connectivity index (χ4n) is 1.02. The summed E-state index contributed by atoms with van der Waals surface area (Å²) in [5.74, 6) is 0.773. The maximum atomic E-state index is 11.4. The molecule has 15 heavy (non-hydrogen) atoms. The van der Waals surface area contributed by atoms with Crippen LogP contribution in [0.25, 0.3) is 0 Å². The normalized spacial score (nSPS) is 13.2. The van der Waals surface area contributed by atoms with Gasteiger partial charge in [-0.3, -0.25) is 9.79 Å². The van der Waals surface area contributed by atoms with Crippen LogP contribution in [-0.4, -0.2) is 38.5 Å². The zero-order valence-electron chi connectivity index (χ0n) is 10.1. The molecule has 0 aromatic carbocycles. The second kappa shape index (κ2) is 8.08. The van der Waals surface area contributed by atoms with Crippen LogP contribution in [0.4, 0.5) is 0 Å². The summed E-state index contributed by atoms with van der Waals surface area (Å²) in [5.41, 5.74) is 0. The molecule has 88 valence electrons. The average Bonchev–Trinajstić information content (AvgIpc) is 2.24. The molecule has 0 saturated heterocycles. The third kappa shape index (κ3) is 6.76. The van der Waals surface area contributed by atoms with Crippen molar-refractivity contribution >= 4 is 11.9 Å². The molecule has 0 aliphatic rings. The highest BCUT2D eigenvalue weighted by molar-refractivity contribution is 5.81. The number of amides is 1. The zero-order valence-corrected chi connectivity index (χ0v) is 10.1. The van der Waals surface area contributed by atoms with Gasteiger partial charge in [0, 0.05) is 33.1 Å². The maximum Gasteiger partial charge on any atom is 0.221 e. The van der Waals surface area contributed by atoms with E-state index in [1.54, 1.807) is 14.1 Å². The van der Waals surface area contributed by atoms with Crippen molar-refractivity contribution in [2.45, 2.75) is 32.7 Å². The highest BCUT2D eigenvalue weighted by Crippen LogP contribution is 1.88. The Hall–Kier alpha value is -1.26. The summed E-state index contributed by atoms with van der Waals surface area (Å²) in [6.07, 6.45) is 1.42. The number of nitrogens with zero attached hydrogens (tertiary/aromatic N) is 1. The molecular formula is C10H22N4O. The van der Waals surface area contributed by atoms with Gasteiger partial charge in [0.2, 0.25) is 5.91 Å². The van der Waals surface area contributed by atoms with Gasteiger partial charge in [0.05, 0.1) is 0 Å². The molecule has 1 amide bonds. The summed E-state index contributed by atoms with van der Waals surface area (Å²) in [6, 6.07) is 0.251. The number of carbonyl (C=O) groups is 1. The van der Waals surface area contributed by atoms with Crippen LogP contribution in [-0.2, 0) is 4.79 Å². The number of rotatable bonds is 5. The number of hydrogen-bond acceptors (Lipinski definition) is 2. The van der Waals surface area contributed by atoms with Crippen LogP contribution in [0, 0.1) is 0 Å². The topological polar surface area (TPSA) is 65.5 Å². The molecule has 0 bridgehead atoms. The summed E-state index contributed by atoms with van der Waals surface area (Å²) in [6.45, 7) is 4.64. The third-order valence-electron chi connectivity index (χ3n) is 2.12. The summed E-state index contributed by atoms with van der Waals surface area (Å²) in [7, 11) is 3.48. The van der Waals surface area contributed by atoms with Crippen LogP contribution >= 0.6 is 0 Å². The van der Waals surface area contributed by atoms with E-state index in [1.807, 2.05) is 13.8 Å². The number of aliphatic imine (C=N–C) groups is 1. The van der Waals surface area contributed by atoms with Crippen molar-refractivity contribution in [3.8, 4) is 0 Å². The first-order chi connectivity index (χ1) is 7.13. The molecule has 0 rings (SSSR count). The van der Waals surface area contributed by atoms with Crippen molar-refractivity contribution in [2.75, 3.05) is 20.6 Å². The lowest BCUT2D eigenvalue weighted by atomic mass is 10.2. The smallest absolute Gasteiger partial charge is 0.221 e. The summed E-state index contributed by atoms with van der Waals surface area (Å²) in [4.78, 5) is 15.3. The van der Waals surface area contributed by atoms with Crippen LogP contribution in [0.1, 0.15) is 26.7 Å². The monoisotopic (exact) mass is 214 g/mol. The zero-order chi connectivity index (χ0) is 11.7. The Bertz CT molecular complexity index is 215. The Morgan fingerprint density at radius 1 is 1.47 bits per heavy atom. The third-order valence-corrected chi connectivity index (χ3v) is 2.12. The first-order valence-electron chi connectivity index (χ1n) is 5.31. The van der Waals surface area contributed by atoms with Gasteiger partial charge in [0.15, 0.2) is 5.96 Å². The molecule has 0 aromatic heterocycles. The number of nitrogens with one attached hydrogen (secondary N) is 3. The van der Waals surface area contributed by atoms with Gasteiger partial charge in [-0.05, 0) is 13.3 Å². The van der Waals surface area contributed by atoms with E-state index in [0.717, 1.165) is 6.42 Å². The molecule has 1 unspecified atom stereocenters. The van der Waals surface area contributed by atoms with Crippen LogP contribution in [0.5, 0.6) is 0 Å². The fourth-order valence-corrected chi connectivity index (χ4v) is 1.02. The Labute approximate surface area is 91.7 Å². The quantitative estimate of drug-likeness (QED) is 0.449. The van der Waals surface area contributed by atoms with E-state index in [-0.39, 0.29) is 11.9 Å². The van der Waals surface area contributed by atoms with Gasteiger partial charge in [-0.25, -0.2) is 0 Å². The van der Waals surface area contributed by atoms with Crippen molar-refractivity contribution in [3.05, 3.63) is 0 Å². The molecule has 1 atom stereocenters. The summed E-state index contributed by atoms with van der Waals surface area (Å²) >= 11 is 0. The second-order valence-electron chi connectivity index (χ2n) is 3.38. The largest absolute Gasteiger partial charge is 0.359 e. The molecule has 0 saturated carbocycles. The second-order valence-corrected chi connectivity index (χ2v) is 3.38. The van der Waals surface area contributed by atoms with Crippen LogP contribution in [0.3, 0.4) is 0 Å². The summed E-state index contributed by atoms with van der Waals surface area (Å²) < 4.78 is 0.